The molecule has 0 atom stereocenters. The van der Waals surface area contributed by atoms with E-state index in [1.165, 1.54) is 5.56 Å². The number of pyridine rings is 3. The van der Waals surface area contributed by atoms with Crippen LogP contribution in [0.1, 0.15) is 12.5 Å². The van der Waals surface area contributed by atoms with E-state index in [0.717, 1.165) is 27.2 Å². The van der Waals surface area contributed by atoms with Gasteiger partial charge in [0.15, 0.2) is 5.65 Å². The third kappa shape index (κ3) is 1.88. The average Bonchev–Trinajstić information content (AvgIpc) is 2.55. The second-order valence-electron chi connectivity index (χ2n) is 5.23. The van der Waals surface area contributed by atoms with Crippen LogP contribution in [-0.4, -0.2) is 21.6 Å². The van der Waals surface area contributed by atoms with Crippen LogP contribution >= 0.6 is 0 Å². The molecule has 0 bridgehead atoms. The number of rotatable bonds is 2. The topological polar surface area (TPSA) is 47.9 Å². The summed E-state index contributed by atoms with van der Waals surface area (Å²) in [6.45, 7) is 4.65. The van der Waals surface area contributed by atoms with E-state index >= 15 is 0 Å². The quantitative estimate of drug-likeness (QED) is 0.413. The van der Waals surface area contributed by atoms with Crippen molar-refractivity contribution in [2.45, 2.75) is 13.8 Å². The minimum Gasteiger partial charge on any atom is -0.478 e. The molecule has 22 heavy (non-hydrogen) atoms. The van der Waals surface area contributed by atoms with E-state index in [9.17, 15) is 0 Å². The van der Waals surface area contributed by atoms with E-state index in [1.54, 1.807) is 0 Å². The first-order chi connectivity index (χ1) is 10.8. The van der Waals surface area contributed by atoms with Crippen molar-refractivity contribution in [1.82, 2.24) is 15.0 Å². The number of nitrogens with zero attached hydrogens (tertiary/aromatic N) is 3. The Kier molecular flexibility index (Phi) is 2.89. The van der Waals surface area contributed by atoms with Gasteiger partial charge < -0.3 is 4.74 Å². The molecule has 4 heteroatoms. The van der Waals surface area contributed by atoms with Gasteiger partial charge in [0, 0.05) is 28.4 Å². The van der Waals surface area contributed by atoms with Crippen molar-refractivity contribution in [3.05, 3.63) is 48.2 Å². The molecule has 1 aromatic carbocycles. The molecule has 3 heterocycles. The minimum atomic E-state index is 0.591. The first-order valence-corrected chi connectivity index (χ1v) is 7.35. The Morgan fingerprint density at radius 2 is 1.82 bits per heavy atom. The summed E-state index contributed by atoms with van der Waals surface area (Å²) in [7, 11) is 0. The molecule has 4 rings (SSSR count). The molecule has 0 amide bonds. The Hall–Kier alpha value is -2.75. The maximum atomic E-state index is 5.45. The molecule has 0 aliphatic rings. The van der Waals surface area contributed by atoms with Crippen molar-refractivity contribution < 1.29 is 4.74 Å². The van der Waals surface area contributed by atoms with E-state index < -0.39 is 0 Å². The fourth-order valence-electron chi connectivity index (χ4n) is 2.82. The summed E-state index contributed by atoms with van der Waals surface area (Å²) in [4.78, 5) is 13.8. The number of hydrogen-bond donors (Lipinski definition) is 0. The molecule has 0 aliphatic carbocycles. The van der Waals surface area contributed by atoms with Crippen molar-refractivity contribution in [3.8, 4) is 5.88 Å². The van der Waals surface area contributed by atoms with Gasteiger partial charge in [0.05, 0.1) is 17.6 Å². The summed E-state index contributed by atoms with van der Waals surface area (Å²) in [6, 6.07) is 12.0. The lowest BCUT2D eigenvalue weighted by Crippen LogP contribution is -1.96. The normalized spacial score (nSPS) is 11.4. The molecule has 0 saturated heterocycles. The highest BCUT2D eigenvalue weighted by Crippen LogP contribution is 2.29. The second kappa shape index (κ2) is 4.91. The van der Waals surface area contributed by atoms with Crippen molar-refractivity contribution >= 4 is 32.8 Å². The largest absolute Gasteiger partial charge is 0.478 e. The predicted molar refractivity (Wildman–Crippen MR) is 88.3 cm³/mol. The Labute approximate surface area is 127 Å². The van der Waals surface area contributed by atoms with Crippen LogP contribution in [0.2, 0.25) is 0 Å². The maximum absolute atomic E-state index is 5.45. The first-order valence-electron chi connectivity index (χ1n) is 7.35. The third-order valence-corrected chi connectivity index (χ3v) is 3.91. The van der Waals surface area contributed by atoms with Crippen molar-refractivity contribution in [3.63, 3.8) is 0 Å². The number of para-hydroxylation sites is 1. The van der Waals surface area contributed by atoms with Crippen LogP contribution in [0.5, 0.6) is 5.88 Å². The van der Waals surface area contributed by atoms with Gasteiger partial charge in [-0.1, -0.05) is 18.2 Å². The van der Waals surface area contributed by atoms with E-state index in [0.29, 0.717) is 18.1 Å². The molecule has 0 fully saturated rings. The van der Waals surface area contributed by atoms with Gasteiger partial charge in [-0.25, -0.2) is 9.97 Å². The van der Waals surface area contributed by atoms with Crippen molar-refractivity contribution in [2.75, 3.05) is 6.61 Å². The molecule has 108 valence electrons. The molecule has 0 unspecified atom stereocenters. The zero-order chi connectivity index (χ0) is 15.1. The molecular formula is C18H15N3O. The highest BCUT2D eigenvalue weighted by Gasteiger charge is 2.10. The smallest absolute Gasteiger partial charge is 0.215 e. The molecule has 0 spiro atoms. The average molecular weight is 289 g/mol. The van der Waals surface area contributed by atoms with Crippen LogP contribution in [0.4, 0.5) is 0 Å². The number of fused-ring (bicyclic) bond motifs is 4. The molecular weight excluding hydrogens is 274 g/mol. The first kappa shape index (κ1) is 13.0. The van der Waals surface area contributed by atoms with E-state index in [1.807, 2.05) is 43.5 Å². The monoisotopic (exact) mass is 289 g/mol. The minimum absolute atomic E-state index is 0.591. The lowest BCUT2D eigenvalue weighted by Gasteiger charge is -2.09. The molecule has 0 aliphatic heterocycles. The van der Waals surface area contributed by atoms with Gasteiger partial charge in [-0.05, 0) is 31.5 Å². The predicted octanol–water partition coefficient (Wildman–Crippen LogP) is 4.04. The van der Waals surface area contributed by atoms with Crippen molar-refractivity contribution in [2.24, 2.45) is 0 Å². The summed E-state index contributed by atoms with van der Waals surface area (Å²) < 4.78 is 5.45. The maximum Gasteiger partial charge on any atom is 0.215 e. The summed E-state index contributed by atoms with van der Waals surface area (Å²) in [5.41, 5.74) is 3.80. The van der Waals surface area contributed by atoms with Gasteiger partial charge in [-0.15, -0.1) is 0 Å². The number of aromatic nitrogens is 3. The second-order valence-corrected chi connectivity index (χ2v) is 5.23. The Balaban J connectivity index is 2.10. The summed E-state index contributed by atoms with van der Waals surface area (Å²) in [5.74, 6) is 0.597. The Bertz CT molecular complexity index is 1010. The van der Waals surface area contributed by atoms with Crippen LogP contribution in [-0.2, 0) is 0 Å². The fourth-order valence-corrected chi connectivity index (χ4v) is 2.82. The van der Waals surface area contributed by atoms with Gasteiger partial charge in [-0.3, -0.25) is 0 Å². The van der Waals surface area contributed by atoms with Gasteiger partial charge in [0.25, 0.3) is 0 Å². The lowest BCUT2D eigenvalue weighted by molar-refractivity contribution is 0.328. The summed E-state index contributed by atoms with van der Waals surface area (Å²) >= 11 is 0. The molecule has 4 aromatic rings. The van der Waals surface area contributed by atoms with Crippen LogP contribution < -0.4 is 4.74 Å². The zero-order valence-electron chi connectivity index (χ0n) is 12.5. The fraction of sp³-hybridized carbons (Fsp3) is 0.167. The highest BCUT2D eigenvalue weighted by atomic mass is 16.5. The molecule has 0 radical (unpaired) electrons. The van der Waals surface area contributed by atoms with E-state index in [4.69, 9.17) is 9.72 Å². The summed E-state index contributed by atoms with van der Waals surface area (Å²) in [5, 5.41) is 3.18. The number of hydrogen-bond acceptors (Lipinski definition) is 4. The van der Waals surface area contributed by atoms with E-state index in [2.05, 4.69) is 23.0 Å². The summed E-state index contributed by atoms with van der Waals surface area (Å²) in [6.07, 6.45) is 1.86. The zero-order valence-corrected chi connectivity index (χ0v) is 12.5. The van der Waals surface area contributed by atoms with Crippen LogP contribution in [0.15, 0.2) is 42.6 Å². The number of benzene rings is 1. The lowest BCUT2D eigenvalue weighted by atomic mass is 10.0. The van der Waals surface area contributed by atoms with Gasteiger partial charge in [0.1, 0.15) is 0 Å². The molecule has 0 N–H and O–H groups in total. The Morgan fingerprint density at radius 1 is 0.955 bits per heavy atom. The number of ether oxygens (including phenoxy) is 1. The number of aryl methyl sites for hydroxylation is 1. The van der Waals surface area contributed by atoms with Gasteiger partial charge in [-0.2, -0.15) is 4.98 Å². The van der Waals surface area contributed by atoms with Crippen molar-refractivity contribution in [1.29, 1.82) is 0 Å². The standard InChI is InChI=1S/C18H15N3O/c1-3-22-16-9-8-13-17-14(10-19-18(13)21-16)11(2)12-6-4-5-7-15(12)20-17/h4-10H,3H2,1-2H3. The molecule has 4 nitrogen and oxygen atoms in total. The van der Waals surface area contributed by atoms with Gasteiger partial charge in [0.2, 0.25) is 5.88 Å². The van der Waals surface area contributed by atoms with Crippen LogP contribution in [0.25, 0.3) is 32.8 Å². The highest BCUT2D eigenvalue weighted by molar-refractivity contribution is 6.07. The van der Waals surface area contributed by atoms with Crippen LogP contribution in [0, 0.1) is 6.92 Å². The van der Waals surface area contributed by atoms with E-state index in [-0.39, 0.29) is 0 Å². The third-order valence-electron chi connectivity index (χ3n) is 3.91. The van der Waals surface area contributed by atoms with Gasteiger partial charge >= 0.3 is 0 Å². The van der Waals surface area contributed by atoms with Crippen LogP contribution in [0.3, 0.4) is 0 Å². The SMILES string of the molecule is CCOc1ccc2c(ncc3c(C)c4ccccc4nc32)n1. The molecule has 3 aromatic heterocycles. The molecule has 0 saturated carbocycles. The Morgan fingerprint density at radius 3 is 2.68 bits per heavy atom.